The Bertz CT molecular complexity index is 788. The number of anilines is 1. The Balaban J connectivity index is 1.86. The molecule has 0 aliphatic heterocycles. The summed E-state index contributed by atoms with van der Waals surface area (Å²) in [5, 5.41) is 6.49. The summed E-state index contributed by atoms with van der Waals surface area (Å²) in [6.45, 7) is 3.99. The summed E-state index contributed by atoms with van der Waals surface area (Å²) in [5.41, 5.74) is 3.23. The van der Waals surface area contributed by atoms with E-state index in [1.807, 2.05) is 0 Å². The summed E-state index contributed by atoms with van der Waals surface area (Å²) in [5.74, 6) is -1.07. The molecule has 7 heteroatoms. The maximum Gasteiger partial charge on any atom is 0.329 e. The maximum atomic E-state index is 11.8. The van der Waals surface area contributed by atoms with Gasteiger partial charge in [-0.2, -0.15) is 5.10 Å². The number of carbonyl (C=O) groups is 2. The molecule has 0 saturated heterocycles. The van der Waals surface area contributed by atoms with E-state index >= 15 is 0 Å². The molecule has 0 saturated carbocycles. The minimum absolute atomic E-state index is 0.339. The van der Waals surface area contributed by atoms with Crippen LogP contribution in [0.3, 0.4) is 0 Å². The molecule has 2 amide bonds. The quantitative estimate of drug-likeness (QED) is 0.361. The van der Waals surface area contributed by atoms with E-state index in [1.54, 1.807) is 54.6 Å². The van der Waals surface area contributed by atoms with E-state index in [9.17, 15) is 9.59 Å². The maximum absolute atomic E-state index is 11.8. The van der Waals surface area contributed by atoms with Crippen molar-refractivity contribution in [2.75, 3.05) is 11.9 Å². The fourth-order valence-corrected chi connectivity index (χ4v) is 1.95. The van der Waals surface area contributed by atoms with Crippen molar-refractivity contribution in [1.82, 2.24) is 5.43 Å². The second-order valence-electron chi connectivity index (χ2n) is 4.80. The molecule has 2 aromatic rings. The number of hydrogen-bond donors (Lipinski definition) is 2. The summed E-state index contributed by atoms with van der Waals surface area (Å²) < 4.78 is 5.35. The van der Waals surface area contributed by atoms with Crippen molar-refractivity contribution in [3.05, 3.63) is 71.8 Å². The fraction of sp³-hybridized carbons (Fsp3) is 0.0556. The van der Waals surface area contributed by atoms with Gasteiger partial charge in [0, 0.05) is 0 Å². The predicted molar refractivity (Wildman–Crippen MR) is 98.0 cm³/mol. The van der Waals surface area contributed by atoms with Crippen LogP contribution in [0.4, 0.5) is 5.69 Å². The topological polar surface area (TPSA) is 79.8 Å². The fourth-order valence-electron chi connectivity index (χ4n) is 1.76. The molecule has 0 radical (unpaired) electrons. The Morgan fingerprint density at radius 2 is 1.84 bits per heavy atom. The lowest BCUT2D eigenvalue weighted by Crippen LogP contribution is -2.32. The number of hydrogen-bond acceptors (Lipinski definition) is 4. The molecule has 25 heavy (non-hydrogen) atoms. The van der Waals surface area contributed by atoms with Crippen LogP contribution in [-0.4, -0.2) is 24.6 Å². The van der Waals surface area contributed by atoms with E-state index in [0.717, 1.165) is 5.56 Å². The van der Waals surface area contributed by atoms with Gasteiger partial charge in [0.25, 0.3) is 0 Å². The normalized spacial score (nSPS) is 10.3. The lowest BCUT2D eigenvalue weighted by Gasteiger charge is -2.05. The Labute approximate surface area is 150 Å². The number of nitrogens with zero attached hydrogens (tertiary/aromatic N) is 1. The number of benzene rings is 2. The first-order chi connectivity index (χ1) is 12.1. The number of halogens is 1. The first kappa shape index (κ1) is 18.2. The van der Waals surface area contributed by atoms with Crippen molar-refractivity contribution in [2.45, 2.75) is 0 Å². The first-order valence-corrected chi connectivity index (χ1v) is 7.70. The van der Waals surface area contributed by atoms with Crippen LogP contribution in [-0.2, 0) is 9.59 Å². The van der Waals surface area contributed by atoms with E-state index in [2.05, 4.69) is 22.4 Å². The van der Waals surface area contributed by atoms with Gasteiger partial charge < -0.3 is 10.1 Å². The number of amides is 2. The number of hydrazone groups is 1. The van der Waals surface area contributed by atoms with Gasteiger partial charge in [0.2, 0.25) is 0 Å². The van der Waals surface area contributed by atoms with Gasteiger partial charge in [0.1, 0.15) is 12.4 Å². The molecule has 0 aliphatic rings. The average molecular weight is 358 g/mol. The van der Waals surface area contributed by atoms with Crippen molar-refractivity contribution in [3.63, 3.8) is 0 Å². The number of rotatable bonds is 6. The third-order valence-electron chi connectivity index (χ3n) is 2.96. The van der Waals surface area contributed by atoms with Crippen molar-refractivity contribution in [3.8, 4) is 5.75 Å². The second kappa shape index (κ2) is 9.24. The molecule has 0 aliphatic carbocycles. The third-order valence-corrected chi connectivity index (χ3v) is 3.29. The van der Waals surface area contributed by atoms with Crippen molar-refractivity contribution >= 4 is 35.3 Å². The molecule has 0 spiro atoms. The molecular formula is C18H16ClN3O3. The smallest absolute Gasteiger partial charge is 0.329 e. The largest absolute Gasteiger partial charge is 0.490 e. The Kier molecular flexibility index (Phi) is 6.74. The average Bonchev–Trinajstić information content (AvgIpc) is 2.62. The predicted octanol–water partition coefficient (Wildman–Crippen LogP) is 2.99. The third kappa shape index (κ3) is 5.78. The van der Waals surface area contributed by atoms with Gasteiger partial charge in [-0.3, -0.25) is 9.59 Å². The van der Waals surface area contributed by atoms with Crippen molar-refractivity contribution in [1.29, 1.82) is 0 Å². The van der Waals surface area contributed by atoms with E-state index < -0.39 is 11.8 Å². The minimum Gasteiger partial charge on any atom is -0.490 e. The molecule has 0 fully saturated rings. The molecule has 2 N–H and O–H groups in total. The zero-order valence-corrected chi connectivity index (χ0v) is 14.0. The van der Waals surface area contributed by atoms with Crippen LogP contribution in [0.15, 0.2) is 66.3 Å². The van der Waals surface area contributed by atoms with Crippen LogP contribution in [0.2, 0.25) is 5.02 Å². The molecule has 0 unspecified atom stereocenters. The van der Waals surface area contributed by atoms with Gasteiger partial charge in [-0.05, 0) is 42.0 Å². The van der Waals surface area contributed by atoms with Gasteiger partial charge in [0.05, 0.1) is 16.9 Å². The Hall–Kier alpha value is -3.12. The molecule has 6 nitrogen and oxygen atoms in total. The van der Waals surface area contributed by atoms with Crippen molar-refractivity contribution in [2.24, 2.45) is 5.10 Å². The van der Waals surface area contributed by atoms with Crippen LogP contribution in [0.5, 0.6) is 5.75 Å². The Morgan fingerprint density at radius 3 is 2.52 bits per heavy atom. The van der Waals surface area contributed by atoms with E-state index in [1.165, 1.54) is 6.21 Å². The summed E-state index contributed by atoms with van der Waals surface area (Å²) >= 11 is 5.91. The number of para-hydroxylation sites is 1. The zero-order chi connectivity index (χ0) is 18.1. The lowest BCUT2D eigenvalue weighted by atomic mass is 10.2. The minimum atomic E-state index is -0.901. The first-order valence-electron chi connectivity index (χ1n) is 7.33. The Morgan fingerprint density at radius 1 is 1.12 bits per heavy atom. The van der Waals surface area contributed by atoms with Gasteiger partial charge in [-0.15, -0.1) is 0 Å². The molecular weight excluding hydrogens is 342 g/mol. The highest BCUT2D eigenvalue weighted by atomic mass is 35.5. The molecule has 0 aromatic heterocycles. The SMILES string of the molecule is C=CCOc1ccc(/C=N/NC(=O)C(=O)Nc2ccccc2Cl)cc1. The van der Waals surface area contributed by atoms with E-state index in [0.29, 0.717) is 23.1 Å². The standard InChI is InChI=1S/C18H16ClN3O3/c1-2-11-25-14-9-7-13(8-10-14)12-20-22-18(24)17(23)21-16-6-4-3-5-15(16)19/h2-10,12H,1,11H2,(H,21,23)(H,22,24)/b20-12+. The zero-order valence-electron chi connectivity index (χ0n) is 13.2. The number of ether oxygens (including phenoxy) is 1. The van der Waals surface area contributed by atoms with Gasteiger partial charge >= 0.3 is 11.8 Å². The lowest BCUT2D eigenvalue weighted by molar-refractivity contribution is -0.136. The highest BCUT2D eigenvalue weighted by Crippen LogP contribution is 2.20. The van der Waals surface area contributed by atoms with Crippen LogP contribution in [0, 0.1) is 0 Å². The molecule has 0 atom stereocenters. The van der Waals surface area contributed by atoms with Gasteiger partial charge in [-0.25, -0.2) is 5.43 Å². The van der Waals surface area contributed by atoms with Crippen LogP contribution >= 0.6 is 11.6 Å². The monoisotopic (exact) mass is 357 g/mol. The number of carbonyl (C=O) groups excluding carboxylic acids is 2. The van der Waals surface area contributed by atoms with Crippen LogP contribution in [0.25, 0.3) is 0 Å². The van der Waals surface area contributed by atoms with E-state index in [4.69, 9.17) is 16.3 Å². The highest BCUT2D eigenvalue weighted by molar-refractivity contribution is 6.41. The second-order valence-corrected chi connectivity index (χ2v) is 5.21. The van der Waals surface area contributed by atoms with Gasteiger partial charge in [-0.1, -0.05) is 36.4 Å². The summed E-state index contributed by atoms with van der Waals surface area (Å²) in [7, 11) is 0. The van der Waals surface area contributed by atoms with E-state index in [-0.39, 0.29) is 0 Å². The molecule has 2 aromatic carbocycles. The highest BCUT2D eigenvalue weighted by Gasteiger charge is 2.13. The molecule has 0 bridgehead atoms. The number of nitrogens with one attached hydrogen (secondary N) is 2. The van der Waals surface area contributed by atoms with Crippen molar-refractivity contribution < 1.29 is 14.3 Å². The summed E-state index contributed by atoms with van der Waals surface area (Å²) in [6, 6.07) is 13.7. The molecule has 2 rings (SSSR count). The molecule has 128 valence electrons. The van der Waals surface area contributed by atoms with Crippen LogP contribution in [0.1, 0.15) is 5.56 Å². The summed E-state index contributed by atoms with van der Waals surface area (Å²) in [6.07, 6.45) is 3.07. The van der Waals surface area contributed by atoms with Crippen LogP contribution < -0.4 is 15.5 Å². The molecule has 0 heterocycles. The summed E-state index contributed by atoms with van der Waals surface area (Å²) in [4.78, 5) is 23.5. The van der Waals surface area contributed by atoms with Gasteiger partial charge in [0.15, 0.2) is 0 Å².